The number of piperidine rings is 1. The lowest BCUT2D eigenvalue weighted by molar-refractivity contribution is -0.127. The van der Waals surface area contributed by atoms with Crippen molar-refractivity contribution in [3.8, 4) is 0 Å². The maximum absolute atomic E-state index is 12.4. The first kappa shape index (κ1) is 15.0. The van der Waals surface area contributed by atoms with Gasteiger partial charge in [0.2, 0.25) is 5.91 Å². The minimum atomic E-state index is -0.328. The highest BCUT2D eigenvalue weighted by molar-refractivity contribution is 9.10. The molecule has 1 aromatic rings. The molecule has 3 heterocycles. The Balaban J connectivity index is 1.63. The van der Waals surface area contributed by atoms with Gasteiger partial charge in [0, 0.05) is 36.0 Å². The lowest BCUT2D eigenvalue weighted by Crippen LogP contribution is -2.49. The quantitative estimate of drug-likeness (QED) is 0.791. The normalized spacial score (nSPS) is 19.5. The molecule has 1 aromatic heterocycles. The summed E-state index contributed by atoms with van der Waals surface area (Å²) >= 11 is 3.30. The van der Waals surface area contributed by atoms with E-state index in [4.69, 9.17) is 0 Å². The van der Waals surface area contributed by atoms with E-state index in [0.29, 0.717) is 31.5 Å². The van der Waals surface area contributed by atoms with Crippen LogP contribution in [-0.4, -0.2) is 58.3 Å². The molecule has 2 aliphatic rings. The molecule has 2 aliphatic heterocycles. The van der Waals surface area contributed by atoms with Gasteiger partial charge in [-0.2, -0.15) is 0 Å². The number of aromatic nitrogens is 1. The lowest BCUT2D eigenvalue weighted by atomic mass is 10.0. The number of nitrogens with zero attached hydrogens (tertiary/aromatic N) is 3. The van der Waals surface area contributed by atoms with E-state index in [-0.39, 0.29) is 30.4 Å². The Labute approximate surface area is 135 Å². The van der Waals surface area contributed by atoms with Crippen LogP contribution in [0.2, 0.25) is 0 Å². The van der Waals surface area contributed by atoms with Crippen molar-refractivity contribution in [2.75, 3.05) is 19.6 Å². The summed E-state index contributed by atoms with van der Waals surface area (Å²) in [6, 6.07) is 1.28. The topological polar surface area (TPSA) is 82.6 Å². The van der Waals surface area contributed by atoms with Crippen LogP contribution in [0, 0.1) is 0 Å². The van der Waals surface area contributed by atoms with E-state index in [1.165, 1.54) is 11.1 Å². The summed E-state index contributed by atoms with van der Waals surface area (Å²) in [5.74, 6) is -0.268. The summed E-state index contributed by atoms with van der Waals surface area (Å²) in [5, 5.41) is 2.53. The summed E-state index contributed by atoms with van der Waals surface area (Å²) in [5.41, 5.74) is 0.530. The summed E-state index contributed by atoms with van der Waals surface area (Å²) < 4.78 is 0.757. The van der Waals surface area contributed by atoms with Gasteiger partial charge in [-0.15, -0.1) is 0 Å². The average Bonchev–Trinajstić information content (AvgIpc) is 2.86. The number of nitrogens with one attached hydrogen (secondary N) is 1. The third kappa shape index (κ3) is 2.83. The summed E-state index contributed by atoms with van der Waals surface area (Å²) in [7, 11) is 0. The summed E-state index contributed by atoms with van der Waals surface area (Å²) in [6.45, 7) is 1.11. The van der Waals surface area contributed by atoms with Crippen molar-refractivity contribution >= 4 is 33.8 Å². The van der Waals surface area contributed by atoms with E-state index in [2.05, 4.69) is 26.2 Å². The molecule has 3 rings (SSSR count). The molecule has 8 heteroatoms. The minimum absolute atomic E-state index is 0.0711. The smallest absolute Gasteiger partial charge is 0.324 e. The molecular formula is C14H15BrN4O3. The van der Waals surface area contributed by atoms with Crippen LogP contribution in [0.1, 0.15) is 23.2 Å². The molecule has 0 atom stereocenters. The molecule has 0 aromatic carbocycles. The van der Waals surface area contributed by atoms with Gasteiger partial charge in [-0.05, 0) is 34.8 Å². The van der Waals surface area contributed by atoms with E-state index >= 15 is 0 Å². The Hall–Kier alpha value is -1.96. The van der Waals surface area contributed by atoms with Crippen molar-refractivity contribution in [2.45, 2.75) is 18.9 Å². The van der Waals surface area contributed by atoms with E-state index in [0.717, 1.165) is 4.47 Å². The first-order chi connectivity index (χ1) is 10.6. The van der Waals surface area contributed by atoms with Crippen molar-refractivity contribution in [1.82, 2.24) is 20.1 Å². The molecule has 0 aliphatic carbocycles. The number of hydrogen-bond acceptors (Lipinski definition) is 4. The number of urea groups is 1. The van der Waals surface area contributed by atoms with Gasteiger partial charge in [0.1, 0.15) is 0 Å². The zero-order chi connectivity index (χ0) is 15.7. The summed E-state index contributed by atoms with van der Waals surface area (Å²) in [4.78, 5) is 42.8. The van der Waals surface area contributed by atoms with Gasteiger partial charge in [-0.3, -0.25) is 19.5 Å². The second kappa shape index (κ2) is 6.04. The highest BCUT2D eigenvalue weighted by Gasteiger charge is 2.37. The van der Waals surface area contributed by atoms with Crippen LogP contribution < -0.4 is 5.32 Å². The number of likely N-dealkylation sites (tertiary alicyclic amines) is 1. The molecule has 116 valence electrons. The molecule has 0 saturated carbocycles. The Morgan fingerprint density at radius 1 is 1.27 bits per heavy atom. The zero-order valence-corrected chi connectivity index (χ0v) is 13.4. The molecule has 0 bridgehead atoms. The Kier molecular flexibility index (Phi) is 4.10. The zero-order valence-electron chi connectivity index (χ0n) is 11.8. The van der Waals surface area contributed by atoms with E-state index < -0.39 is 0 Å². The number of pyridine rings is 1. The van der Waals surface area contributed by atoms with Crippen molar-refractivity contribution in [2.24, 2.45) is 0 Å². The predicted octanol–water partition coefficient (Wildman–Crippen LogP) is 1.00. The van der Waals surface area contributed by atoms with Crippen LogP contribution in [0.3, 0.4) is 0 Å². The fraction of sp³-hybridized carbons (Fsp3) is 0.429. The number of carbonyl (C=O) groups is 3. The van der Waals surface area contributed by atoms with Gasteiger partial charge < -0.3 is 10.2 Å². The third-order valence-corrected chi connectivity index (χ3v) is 4.38. The van der Waals surface area contributed by atoms with Crippen LogP contribution in [0.4, 0.5) is 4.79 Å². The first-order valence-corrected chi connectivity index (χ1v) is 7.85. The number of carbonyl (C=O) groups excluding carboxylic acids is 3. The Morgan fingerprint density at radius 3 is 2.59 bits per heavy atom. The molecule has 2 fully saturated rings. The number of hydrogen-bond donors (Lipinski definition) is 1. The Morgan fingerprint density at radius 2 is 2.00 bits per heavy atom. The van der Waals surface area contributed by atoms with Gasteiger partial charge in [0.05, 0.1) is 12.1 Å². The molecule has 0 unspecified atom stereocenters. The minimum Gasteiger partial charge on any atom is -0.338 e. The van der Waals surface area contributed by atoms with E-state index in [9.17, 15) is 14.4 Å². The van der Waals surface area contributed by atoms with E-state index in [1.54, 1.807) is 17.2 Å². The standard InChI is InChI=1S/C14H15BrN4O3/c15-10-5-9(6-16-7-10)13(21)18-3-1-11(2-4-18)19-12(20)8-17-14(19)22/h5-7,11H,1-4,8H2,(H,17,22). The highest BCUT2D eigenvalue weighted by Crippen LogP contribution is 2.21. The second-order valence-corrected chi connectivity index (χ2v) is 6.25. The van der Waals surface area contributed by atoms with Gasteiger partial charge in [-0.25, -0.2) is 4.79 Å². The van der Waals surface area contributed by atoms with E-state index in [1.807, 2.05) is 0 Å². The van der Waals surface area contributed by atoms with Crippen molar-refractivity contribution in [3.63, 3.8) is 0 Å². The highest BCUT2D eigenvalue weighted by atomic mass is 79.9. The molecule has 7 nitrogen and oxygen atoms in total. The SMILES string of the molecule is O=C(c1cncc(Br)c1)N1CCC(N2C(=O)CNC2=O)CC1. The predicted molar refractivity (Wildman–Crippen MR) is 81.1 cm³/mol. The van der Waals surface area contributed by atoms with Crippen LogP contribution in [0.25, 0.3) is 0 Å². The fourth-order valence-corrected chi connectivity index (χ4v) is 3.21. The maximum atomic E-state index is 12.4. The molecule has 4 amide bonds. The van der Waals surface area contributed by atoms with Gasteiger partial charge in [0.25, 0.3) is 5.91 Å². The second-order valence-electron chi connectivity index (χ2n) is 5.34. The van der Waals surface area contributed by atoms with Gasteiger partial charge in [0.15, 0.2) is 0 Å². The largest absolute Gasteiger partial charge is 0.338 e. The van der Waals surface area contributed by atoms with Crippen molar-refractivity contribution < 1.29 is 14.4 Å². The monoisotopic (exact) mass is 366 g/mol. The van der Waals surface area contributed by atoms with Crippen molar-refractivity contribution in [3.05, 3.63) is 28.5 Å². The molecule has 2 saturated heterocycles. The third-order valence-electron chi connectivity index (χ3n) is 3.95. The molecular weight excluding hydrogens is 352 g/mol. The van der Waals surface area contributed by atoms with Crippen LogP contribution in [-0.2, 0) is 4.79 Å². The lowest BCUT2D eigenvalue weighted by Gasteiger charge is -2.35. The molecule has 1 N–H and O–H groups in total. The number of imide groups is 1. The molecule has 0 spiro atoms. The maximum Gasteiger partial charge on any atom is 0.324 e. The van der Waals surface area contributed by atoms with Crippen LogP contribution in [0.15, 0.2) is 22.9 Å². The van der Waals surface area contributed by atoms with Crippen LogP contribution >= 0.6 is 15.9 Å². The number of amides is 4. The average molecular weight is 367 g/mol. The fourth-order valence-electron chi connectivity index (χ4n) is 2.84. The van der Waals surface area contributed by atoms with Gasteiger partial charge >= 0.3 is 6.03 Å². The summed E-state index contributed by atoms with van der Waals surface area (Å²) in [6.07, 6.45) is 4.37. The number of halogens is 1. The molecule has 0 radical (unpaired) electrons. The van der Waals surface area contributed by atoms with Crippen molar-refractivity contribution in [1.29, 1.82) is 0 Å². The van der Waals surface area contributed by atoms with Crippen LogP contribution in [0.5, 0.6) is 0 Å². The molecule has 22 heavy (non-hydrogen) atoms. The Bertz CT molecular complexity index is 612. The first-order valence-electron chi connectivity index (χ1n) is 7.06. The van der Waals surface area contributed by atoms with Gasteiger partial charge in [-0.1, -0.05) is 0 Å². The number of rotatable bonds is 2.